The Kier molecular flexibility index (Phi) is 8.49. The molecule has 3 atom stereocenters. The van der Waals surface area contributed by atoms with Crippen molar-refractivity contribution in [2.75, 3.05) is 14.2 Å². The number of hydrogen-bond donors (Lipinski definition) is 1. The van der Waals surface area contributed by atoms with E-state index in [2.05, 4.69) is 5.32 Å². The zero-order chi connectivity index (χ0) is 23.6. The van der Waals surface area contributed by atoms with Crippen LogP contribution in [0.5, 0.6) is 0 Å². The average Bonchev–Trinajstić information content (AvgIpc) is 2.85. The van der Waals surface area contributed by atoms with E-state index in [0.29, 0.717) is 11.1 Å². The summed E-state index contributed by atoms with van der Waals surface area (Å²) in [6.45, 7) is 0. The van der Waals surface area contributed by atoms with Crippen LogP contribution in [0.1, 0.15) is 28.7 Å². The molecule has 0 aromatic heterocycles. The van der Waals surface area contributed by atoms with Gasteiger partial charge in [-0.3, -0.25) is 9.59 Å². The summed E-state index contributed by atoms with van der Waals surface area (Å²) in [5.74, 6) is -2.39. The quantitative estimate of drug-likeness (QED) is 0.482. The molecule has 0 unspecified atom stereocenters. The molecule has 1 amide bonds. The van der Waals surface area contributed by atoms with Gasteiger partial charge in [-0.25, -0.2) is 4.79 Å². The van der Waals surface area contributed by atoms with Crippen molar-refractivity contribution in [2.45, 2.75) is 24.5 Å². The number of rotatable bonds is 10. The maximum absolute atomic E-state index is 13.5. The van der Waals surface area contributed by atoms with Crippen molar-refractivity contribution in [2.24, 2.45) is 0 Å². The molecule has 3 aromatic carbocycles. The molecule has 0 aliphatic carbocycles. The molecule has 0 saturated heterocycles. The first-order chi connectivity index (χ1) is 16.0. The minimum absolute atomic E-state index is 0.107. The zero-order valence-electron chi connectivity index (χ0n) is 18.6. The topological polar surface area (TPSA) is 81.7 Å². The van der Waals surface area contributed by atoms with E-state index in [4.69, 9.17) is 9.47 Å². The summed E-state index contributed by atoms with van der Waals surface area (Å²) >= 11 is 0. The Morgan fingerprint density at radius 1 is 0.758 bits per heavy atom. The molecule has 0 aliphatic heterocycles. The van der Waals surface area contributed by atoms with Crippen LogP contribution in [0.15, 0.2) is 91.0 Å². The number of ketones is 1. The second kappa shape index (κ2) is 11.7. The predicted molar refractivity (Wildman–Crippen MR) is 124 cm³/mol. The van der Waals surface area contributed by atoms with Gasteiger partial charge in [-0.2, -0.15) is 0 Å². The lowest BCUT2D eigenvalue weighted by atomic mass is 9.84. The van der Waals surface area contributed by atoms with Gasteiger partial charge in [0.1, 0.15) is 11.8 Å². The Labute approximate surface area is 193 Å². The highest BCUT2D eigenvalue weighted by atomic mass is 16.5. The molecule has 6 heteroatoms. The van der Waals surface area contributed by atoms with Crippen LogP contribution in [-0.4, -0.2) is 37.9 Å². The first-order valence-corrected chi connectivity index (χ1v) is 10.6. The third-order valence-corrected chi connectivity index (χ3v) is 5.39. The Morgan fingerprint density at radius 3 is 1.79 bits per heavy atom. The maximum Gasteiger partial charge on any atom is 0.329 e. The van der Waals surface area contributed by atoms with Crippen molar-refractivity contribution in [3.05, 3.63) is 108 Å². The van der Waals surface area contributed by atoms with Gasteiger partial charge in [0.15, 0.2) is 6.10 Å². The van der Waals surface area contributed by atoms with Gasteiger partial charge in [-0.15, -0.1) is 0 Å². The highest BCUT2D eigenvalue weighted by Crippen LogP contribution is 2.25. The molecule has 0 spiro atoms. The summed E-state index contributed by atoms with van der Waals surface area (Å²) in [6, 6.07) is 25.9. The maximum atomic E-state index is 13.5. The number of amides is 1. The molecule has 6 nitrogen and oxygen atoms in total. The monoisotopic (exact) mass is 445 g/mol. The normalized spacial score (nSPS) is 13.4. The second-order valence-electron chi connectivity index (χ2n) is 7.55. The van der Waals surface area contributed by atoms with Gasteiger partial charge in [0.2, 0.25) is 0 Å². The lowest BCUT2D eigenvalue weighted by Gasteiger charge is -2.27. The van der Waals surface area contributed by atoms with Gasteiger partial charge >= 0.3 is 5.97 Å². The van der Waals surface area contributed by atoms with Gasteiger partial charge in [0, 0.05) is 13.5 Å². The zero-order valence-corrected chi connectivity index (χ0v) is 18.6. The van der Waals surface area contributed by atoms with Crippen molar-refractivity contribution in [1.82, 2.24) is 5.32 Å². The molecule has 0 saturated carbocycles. The van der Waals surface area contributed by atoms with E-state index in [1.807, 2.05) is 42.5 Å². The smallest absolute Gasteiger partial charge is 0.329 e. The summed E-state index contributed by atoms with van der Waals surface area (Å²) < 4.78 is 10.4. The van der Waals surface area contributed by atoms with Crippen molar-refractivity contribution in [1.29, 1.82) is 0 Å². The SMILES string of the molecule is COC(=O)[C@H](NC(=O)[C@H](OC)c1ccccc1)[C@H](C(=O)Cc1ccccc1)c1ccccc1. The summed E-state index contributed by atoms with van der Waals surface area (Å²) in [5.41, 5.74) is 2.06. The first kappa shape index (κ1) is 23.9. The second-order valence-corrected chi connectivity index (χ2v) is 7.55. The van der Waals surface area contributed by atoms with E-state index in [0.717, 1.165) is 5.56 Å². The molecule has 33 heavy (non-hydrogen) atoms. The Bertz CT molecular complexity index is 1050. The Balaban J connectivity index is 1.95. The lowest BCUT2D eigenvalue weighted by Crippen LogP contribution is -2.49. The van der Waals surface area contributed by atoms with E-state index in [1.165, 1.54) is 14.2 Å². The molecule has 0 aliphatic rings. The molecule has 3 rings (SSSR count). The van der Waals surface area contributed by atoms with Crippen molar-refractivity contribution in [3.8, 4) is 0 Å². The molecule has 0 fully saturated rings. The molecule has 0 radical (unpaired) electrons. The highest BCUT2D eigenvalue weighted by molar-refractivity contribution is 5.96. The molecule has 1 N–H and O–H groups in total. The van der Waals surface area contributed by atoms with Crippen LogP contribution in [-0.2, 0) is 30.3 Å². The van der Waals surface area contributed by atoms with E-state index in [1.54, 1.807) is 48.5 Å². The van der Waals surface area contributed by atoms with Crippen LogP contribution in [0.25, 0.3) is 0 Å². The fraction of sp³-hybridized carbons (Fsp3) is 0.222. The molecular weight excluding hydrogens is 418 g/mol. The number of Topliss-reactive ketones (excluding diaryl/α,β-unsaturated/α-hetero) is 1. The number of esters is 1. The first-order valence-electron chi connectivity index (χ1n) is 10.6. The minimum Gasteiger partial charge on any atom is -0.467 e. The van der Waals surface area contributed by atoms with E-state index < -0.39 is 29.9 Å². The van der Waals surface area contributed by atoms with Gasteiger partial charge in [0.25, 0.3) is 5.91 Å². The number of methoxy groups -OCH3 is 2. The van der Waals surface area contributed by atoms with Crippen LogP contribution in [0.3, 0.4) is 0 Å². The van der Waals surface area contributed by atoms with Gasteiger partial charge < -0.3 is 14.8 Å². The summed E-state index contributed by atoms with van der Waals surface area (Å²) in [4.78, 5) is 39.5. The molecule has 170 valence electrons. The van der Waals surface area contributed by atoms with Crippen molar-refractivity contribution >= 4 is 17.7 Å². The largest absolute Gasteiger partial charge is 0.467 e. The van der Waals surface area contributed by atoms with Crippen LogP contribution < -0.4 is 5.32 Å². The fourth-order valence-electron chi connectivity index (χ4n) is 3.79. The highest BCUT2D eigenvalue weighted by Gasteiger charge is 2.38. The molecule has 0 bridgehead atoms. The number of benzene rings is 3. The standard InChI is InChI=1S/C27H27NO5/c1-32-25(21-16-10-5-11-17-21)26(30)28-24(27(31)33-2)23(20-14-8-4-9-15-20)22(29)18-19-12-6-3-7-13-19/h3-17,23-25H,18H2,1-2H3,(H,28,30)/t23-,24+,25+/m0/s1. The number of carbonyl (C=O) groups is 3. The molecule has 3 aromatic rings. The van der Waals surface area contributed by atoms with Crippen molar-refractivity contribution < 1.29 is 23.9 Å². The van der Waals surface area contributed by atoms with E-state index in [-0.39, 0.29) is 12.2 Å². The minimum atomic E-state index is -1.22. The fourth-order valence-corrected chi connectivity index (χ4v) is 3.79. The summed E-state index contributed by atoms with van der Waals surface area (Å²) in [5, 5.41) is 2.72. The Morgan fingerprint density at radius 2 is 1.27 bits per heavy atom. The van der Waals surface area contributed by atoms with Gasteiger partial charge in [0.05, 0.1) is 13.0 Å². The van der Waals surface area contributed by atoms with E-state index in [9.17, 15) is 14.4 Å². The number of hydrogen-bond acceptors (Lipinski definition) is 5. The summed E-state index contributed by atoms with van der Waals surface area (Å²) in [7, 11) is 2.65. The predicted octanol–water partition coefficient (Wildman–Crippen LogP) is 3.63. The van der Waals surface area contributed by atoms with Gasteiger partial charge in [-0.1, -0.05) is 91.0 Å². The number of carbonyl (C=O) groups excluding carboxylic acids is 3. The summed E-state index contributed by atoms with van der Waals surface area (Å²) in [6.07, 6.45) is -0.838. The van der Waals surface area contributed by atoms with Crippen LogP contribution in [0.2, 0.25) is 0 Å². The number of ether oxygens (including phenoxy) is 2. The third kappa shape index (κ3) is 6.14. The van der Waals surface area contributed by atoms with Crippen molar-refractivity contribution in [3.63, 3.8) is 0 Å². The molecular formula is C27H27NO5. The van der Waals surface area contributed by atoms with Crippen LogP contribution in [0.4, 0.5) is 0 Å². The van der Waals surface area contributed by atoms with Gasteiger partial charge in [-0.05, 0) is 16.7 Å². The van der Waals surface area contributed by atoms with Crippen LogP contribution >= 0.6 is 0 Å². The van der Waals surface area contributed by atoms with E-state index >= 15 is 0 Å². The average molecular weight is 446 g/mol. The third-order valence-electron chi connectivity index (χ3n) is 5.39. The Hall–Kier alpha value is -3.77. The molecule has 0 heterocycles. The number of nitrogens with one attached hydrogen (secondary N) is 1. The lowest BCUT2D eigenvalue weighted by molar-refractivity contribution is -0.148. The van der Waals surface area contributed by atoms with Crippen LogP contribution in [0, 0.1) is 0 Å².